The fraction of sp³-hybridized carbons (Fsp3) is 0.200. The van der Waals surface area contributed by atoms with E-state index in [1.54, 1.807) is 22.1 Å². The van der Waals surface area contributed by atoms with Crippen molar-refractivity contribution in [3.05, 3.63) is 34.1 Å². The topological polar surface area (TPSA) is 39.1 Å². The summed E-state index contributed by atoms with van der Waals surface area (Å²) in [6, 6.07) is 3.73. The van der Waals surface area contributed by atoms with Gasteiger partial charge in [0.15, 0.2) is 0 Å². The number of rotatable bonds is 3. The monoisotopic (exact) mass is 207 g/mol. The van der Waals surface area contributed by atoms with Crippen LogP contribution in [0.15, 0.2) is 28.5 Å². The molecule has 0 saturated carbocycles. The standard InChI is InChI=1S/C10H9NO2S/c12-6-1-4-11-5-2-9-8(10(11)13)3-7-14-9/h2-3,5-7H,1,4H2. The van der Waals surface area contributed by atoms with Crippen LogP contribution in [0.25, 0.3) is 10.1 Å². The van der Waals surface area contributed by atoms with Gasteiger partial charge in [0.05, 0.1) is 5.39 Å². The molecule has 0 fully saturated rings. The van der Waals surface area contributed by atoms with Crippen LogP contribution in [-0.2, 0) is 11.3 Å². The lowest BCUT2D eigenvalue weighted by Gasteiger charge is -2.01. The number of aldehydes is 1. The number of hydrogen-bond acceptors (Lipinski definition) is 3. The Bertz CT molecular complexity index is 512. The predicted octanol–water partition coefficient (Wildman–Crippen LogP) is 1.65. The van der Waals surface area contributed by atoms with Crippen LogP contribution in [0, 0.1) is 0 Å². The van der Waals surface area contributed by atoms with Gasteiger partial charge in [-0.1, -0.05) is 0 Å². The molecule has 2 heterocycles. The second kappa shape index (κ2) is 3.75. The van der Waals surface area contributed by atoms with E-state index in [0.29, 0.717) is 13.0 Å². The Labute approximate surface area is 84.6 Å². The maximum Gasteiger partial charge on any atom is 0.259 e. The van der Waals surface area contributed by atoms with Crippen LogP contribution in [0.2, 0.25) is 0 Å². The summed E-state index contributed by atoms with van der Waals surface area (Å²) in [5.74, 6) is 0. The third-order valence-corrected chi connectivity index (χ3v) is 2.96. The van der Waals surface area contributed by atoms with Crippen molar-refractivity contribution < 1.29 is 4.79 Å². The molecule has 0 bridgehead atoms. The Morgan fingerprint density at radius 2 is 2.29 bits per heavy atom. The first kappa shape index (κ1) is 9.15. The number of carbonyl (C=O) groups excluding carboxylic acids is 1. The average Bonchev–Trinajstić information content (AvgIpc) is 2.66. The lowest BCUT2D eigenvalue weighted by atomic mass is 10.3. The minimum absolute atomic E-state index is 0.00870. The van der Waals surface area contributed by atoms with Crippen LogP contribution in [0.4, 0.5) is 0 Å². The summed E-state index contributed by atoms with van der Waals surface area (Å²) in [5.41, 5.74) is -0.00870. The molecular weight excluding hydrogens is 198 g/mol. The maximum absolute atomic E-state index is 11.7. The molecule has 0 aliphatic heterocycles. The summed E-state index contributed by atoms with van der Waals surface area (Å²) in [4.78, 5) is 21.9. The first-order valence-corrected chi connectivity index (χ1v) is 5.21. The van der Waals surface area contributed by atoms with Gasteiger partial charge in [-0.05, 0) is 17.5 Å². The highest BCUT2D eigenvalue weighted by Crippen LogP contribution is 2.16. The number of nitrogens with zero attached hydrogens (tertiary/aromatic N) is 1. The van der Waals surface area contributed by atoms with Gasteiger partial charge in [-0.3, -0.25) is 4.79 Å². The van der Waals surface area contributed by atoms with Crippen LogP contribution >= 0.6 is 11.3 Å². The highest BCUT2D eigenvalue weighted by molar-refractivity contribution is 7.17. The highest BCUT2D eigenvalue weighted by atomic mass is 32.1. The molecule has 0 amide bonds. The number of fused-ring (bicyclic) bond motifs is 1. The molecular formula is C10H9NO2S. The SMILES string of the molecule is O=CCCn1ccc2sccc2c1=O. The van der Waals surface area contributed by atoms with Crippen molar-refractivity contribution in [2.45, 2.75) is 13.0 Å². The van der Waals surface area contributed by atoms with E-state index in [2.05, 4.69) is 0 Å². The minimum atomic E-state index is -0.00870. The molecule has 3 nitrogen and oxygen atoms in total. The van der Waals surface area contributed by atoms with E-state index in [9.17, 15) is 9.59 Å². The fourth-order valence-corrected chi connectivity index (χ4v) is 2.15. The van der Waals surface area contributed by atoms with Gasteiger partial charge >= 0.3 is 0 Å². The first-order chi connectivity index (χ1) is 6.83. The molecule has 14 heavy (non-hydrogen) atoms. The molecule has 0 N–H and O–H groups in total. The molecule has 0 aliphatic carbocycles. The van der Waals surface area contributed by atoms with Gasteiger partial charge in [-0.15, -0.1) is 11.3 Å². The Morgan fingerprint density at radius 3 is 3.07 bits per heavy atom. The van der Waals surface area contributed by atoms with Crippen LogP contribution < -0.4 is 5.56 Å². The molecule has 0 aliphatic rings. The number of aryl methyl sites for hydroxylation is 1. The number of aromatic nitrogens is 1. The van der Waals surface area contributed by atoms with Crippen molar-refractivity contribution in [2.75, 3.05) is 0 Å². The number of carbonyl (C=O) groups is 1. The second-order valence-corrected chi connectivity index (χ2v) is 3.92. The molecule has 2 aromatic rings. The van der Waals surface area contributed by atoms with Gasteiger partial charge in [0.2, 0.25) is 0 Å². The van der Waals surface area contributed by atoms with Gasteiger partial charge in [-0.2, -0.15) is 0 Å². The third-order valence-electron chi connectivity index (χ3n) is 2.08. The summed E-state index contributed by atoms with van der Waals surface area (Å²) in [6.07, 6.45) is 2.95. The molecule has 2 aromatic heterocycles. The van der Waals surface area contributed by atoms with Crippen molar-refractivity contribution in [2.24, 2.45) is 0 Å². The summed E-state index contributed by atoms with van der Waals surface area (Å²) in [6.45, 7) is 0.466. The molecule has 72 valence electrons. The van der Waals surface area contributed by atoms with Gasteiger partial charge in [-0.25, -0.2) is 0 Å². The first-order valence-electron chi connectivity index (χ1n) is 4.33. The highest BCUT2D eigenvalue weighted by Gasteiger charge is 2.02. The summed E-state index contributed by atoms with van der Waals surface area (Å²) in [5, 5.41) is 2.64. The number of pyridine rings is 1. The lowest BCUT2D eigenvalue weighted by molar-refractivity contribution is -0.108. The van der Waals surface area contributed by atoms with Crippen LogP contribution in [0.3, 0.4) is 0 Å². The maximum atomic E-state index is 11.7. The van der Waals surface area contributed by atoms with Gasteiger partial charge in [0.1, 0.15) is 6.29 Å². The predicted molar refractivity (Wildman–Crippen MR) is 56.8 cm³/mol. The van der Waals surface area contributed by atoms with E-state index in [-0.39, 0.29) is 5.56 Å². The van der Waals surface area contributed by atoms with E-state index in [0.717, 1.165) is 16.4 Å². The van der Waals surface area contributed by atoms with Gasteiger partial charge in [0, 0.05) is 23.9 Å². The van der Waals surface area contributed by atoms with Gasteiger partial charge < -0.3 is 9.36 Å². The zero-order chi connectivity index (χ0) is 9.97. The van der Waals surface area contributed by atoms with Crippen molar-refractivity contribution in [3.63, 3.8) is 0 Å². The molecule has 0 aromatic carbocycles. The Kier molecular flexibility index (Phi) is 2.45. The van der Waals surface area contributed by atoms with E-state index in [4.69, 9.17) is 0 Å². The Balaban J connectivity index is 2.51. The molecule has 0 saturated heterocycles. The molecule has 2 rings (SSSR count). The van der Waals surface area contributed by atoms with Gasteiger partial charge in [0.25, 0.3) is 5.56 Å². The molecule has 0 atom stereocenters. The van der Waals surface area contributed by atoms with Crippen molar-refractivity contribution in [1.82, 2.24) is 4.57 Å². The summed E-state index contributed by atoms with van der Waals surface area (Å²) in [7, 11) is 0. The smallest absolute Gasteiger partial charge is 0.259 e. The van der Waals surface area contributed by atoms with E-state index in [1.165, 1.54) is 0 Å². The van der Waals surface area contributed by atoms with E-state index < -0.39 is 0 Å². The van der Waals surface area contributed by atoms with Crippen LogP contribution in [-0.4, -0.2) is 10.9 Å². The summed E-state index contributed by atoms with van der Waals surface area (Å²) < 4.78 is 2.57. The molecule has 0 unspecified atom stereocenters. The quantitative estimate of drug-likeness (QED) is 0.718. The van der Waals surface area contributed by atoms with E-state index >= 15 is 0 Å². The van der Waals surface area contributed by atoms with Crippen LogP contribution in [0.5, 0.6) is 0 Å². The summed E-state index contributed by atoms with van der Waals surface area (Å²) >= 11 is 1.55. The van der Waals surface area contributed by atoms with Crippen molar-refractivity contribution >= 4 is 27.7 Å². The Morgan fingerprint density at radius 1 is 1.43 bits per heavy atom. The number of hydrogen-bond donors (Lipinski definition) is 0. The van der Waals surface area contributed by atoms with Crippen molar-refractivity contribution in [3.8, 4) is 0 Å². The zero-order valence-electron chi connectivity index (χ0n) is 7.47. The third kappa shape index (κ3) is 1.48. The molecule has 4 heteroatoms. The van der Waals surface area contributed by atoms with Crippen molar-refractivity contribution in [1.29, 1.82) is 0 Å². The zero-order valence-corrected chi connectivity index (χ0v) is 8.29. The van der Waals surface area contributed by atoms with Crippen LogP contribution in [0.1, 0.15) is 6.42 Å². The second-order valence-electron chi connectivity index (χ2n) is 2.97. The number of thiophene rings is 1. The fourth-order valence-electron chi connectivity index (χ4n) is 1.37. The van der Waals surface area contributed by atoms with E-state index in [1.807, 2.05) is 17.5 Å². The average molecular weight is 207 g/mol. The largest absolute Gasteiger partial charge is 0.314 e. The molecule has 0 spiro atoms. The normalized spacial score (nSPS) is 10.6. The lowest BCUT2D eigenvalue weighted by Crippen LogP contribution is -2.18. The minimum Gasteiger partial charge on any atom is -0.314 e. The molecule has 0 radical (unpaired) electrons. The Hall–Kier alpha value is -1.42.